The van der Waals surface area contributed by atoms with Gasteiger partial charge in [-0.05, 0) is 274 Å². The molecule has 149 heavy (non-hydrogen) atoms. The molecular weight excluding hydrogens is 1810 g/mol. The summed E-state index contributed by atoms with van der Waals surface area (Å²) in [5, 5.41) is 34.1. The Bertz CT molecular complexity index is 10500. The number of benzene rings is 27. The van der Waals surface area contributed by atoms with E-state index in [1.165, 1.54) is 109 Å². The molecule has 0 aliphatic heterocycles. The summed E-state index contributed by atoms with van der Waals surface area (Å²) in [6.45, 7) is 12.8. The highest BCUT2D eigenvalue weighted by Gasteiger charge is 2.34. The zero-order valence-electron chi connectivity index (χ0n) is 82.8. The zero-order chi connectivity index (χ0) is 100.0. The molecule has 0 saturated heterocycles. The fraction of sp³-hybridized carbons (Fsp3) is 0.0423. The van der Waals surface area contributed by atoms with E-state index in [0.717, 1.165) is 204 Å². The summed E-state index contributed by atoms with van der Waals surface area (Å²) in [5.74, 6) is 0.434. The van der Waals surface area contributed by atoms with Gasteiger partial charge in [0.05, 0.1) is 17.1 Å². The van der Waals surface area contributed by atoms with Crippen LogP contribution < -0.4 is 14.7 Å². The van der Waals surface area contributed by atoms with E-state index in [0.29, 0.717) is 0 Å². The van der Waals surface area contributed by atoms with Crippen molar-refractivity contribution in [3.05, 3.63) is 533 Å². The standard InChI is InChI=1S/C43H24O.C35H27NO.C33H23NO.C31H19NO/c44-43-35-16-5-11-26-19-21-30-24-38(34-15-7-17-36(43)42(34)41(30)40(26)35)32-13-6-14-33-37(32)23-28-10-3-4-12-31(28)39(33)29-20-18-25-8-1-2-9-27(25)22-29;1-20-11-15-29(22(3)17-20)36(30-16-12-21(2)18-23(30)4)31-19-25-14-13-24-7-5-9-27-32(24)33(25)34-26(31)8-6-10-28(34)35(27)37;1-20-9-15-24(16-10-20)34(25-17-11-21(2)12-18-25)29-19-23-14-13-22-5-3-7-27-30(22)31(23)32-26(29)6-4-8-28(32)33(27)35;33-31-25-15-7-9-20-17-18-21-19-27(24-14-8-16-26(31)30(24)29(21)28(20)25)32(22-10-3-1-4-11-22)23-12-5-2-6-13-23/h1-24H;5-19H,1-4H3;3-19H,1-2H3;1-19H. The molecule has 7 nitrogen and oxygen atoms in total. The Kier molecular flexibility index (Phi) is 20.2. The van der Waals surface area contributed by atoms with Crippen LogP contribution in [0.5, 0.6) is 0 Å². The van der Waals surface area contributed by atoms with Gasteiger partial charge >= 0.3 is 0 Å². The van der Waals surface area contributed by atoms with Crippen molar-refractivity contribution in [2.45, 2.75) is 41.5 Å². The second kappa shape index (κ2) is 34.3. The van der Waals surface area contributed by atoms with Crippen molar-refractivity contribution in [3.63, 3.8) is 0 Å². The fourth-order valence-corrected chi connectivity index (χ4v) is 25.0. The summed E-state index contributed by atoms with van der Waals surface area (Å²) < 4.78 is 0. The summed E-state index contributed by atoms with van der Waals surface area (Å²) in [6, 6.07) is 160. The Morgan fingerprint density at radius 3 is 0.852 bits per heavy atom. The fourth-order valence-electron chi connectivity index (χ4n) is 25.0. The predicted octanol–water partition coefficient (Wildman–Crippen LogP) is 37.8. The molecule has 0 atom stereocenters. The van der Waals surface area contributed by atoms with Crippen molar-refractivity contribution >= 4 is 236 Å². The van der Waals surface area contributed by atoms with Crippen LogP contribution in [0.2, 0.25) is 0 Å². The number of hydrogen-bond donors (Lipinski definition) is 0. The quantitative estimate of drug-likeness (QED) is 0.0943. The van der Waals surface area contributed by atoms with Gasteiger partial charge in [-0.1, -0.05) is 380 Å². The van der Waals surface area contributed by atoms with E-state index < -0.39 is 0 Å². The molecule has 0 N–H and O–H groups in total. The second-order valence-corrected chi connectivity index (χ2v) is 40.5. The van der Waals surface area contributed by atoms with Gasteiger partial charge in [0.1, 0.15) is 0 Å². The highest BCUT2D eigenvalue weighted by atomic mass is 16.1. The Labute approximate surface area is 860 Å². The molecule has 7 heteroatoms. The number of hydrogen-bond acceptors (Lipinski definition) is 7. The number of fused-ring (bicyclic) bond motifs is 3. The number of aryl methyl sites for hydroxylation is 6. The average molecular weight is 1910 g/mol. The first kappa shape index (κ1) is 87.7. The van der Waals surface area contributed by atoms with Gasteiger partial charge in [0.15, 0.2) is 23.1 Å². The second-order valence-electron chi connectivity index (χ2n) is 40.5. The van der Waals surface area contributed by atoms with Crippen LogP contribution in [0.15, 0.2) is 455 Å². The Hall–Kier alpha value is -19.1. The van der Waals surface area contributed by atoms with E-state index >= 15 is 0 Å². The normalized spacial score (nSPS) is 12.4. The van der Waals surface area contributed by atoms with Crippen molar-refractivity contribution in [2.24, 2.45) is 0 Å². The number of nitrogens with zero attached hydrogens (tertiary/aromatic N) is 3. The van der Waals surface area contributed by atoms with Crippen molar-refractivity contribution in [1.29, 1.82) is 0 Å². The van der Waals surface area contributed by atoms with Crippen molar-refractivity contribution in [2.75, 3.05) is 14.7 Å². The number of carbonyl (C=O) groups excluding carboxylic acids is 4. The van der Waals surface area contributed by atoms with Gasteiger partial charge in [0, 0.05) is 138 Å². The Morgan fingerprint density at radius 2 is 0.443 bits per heavy atom. The minimum atomic E-state index is 0.106. The minimum absolute atomic E-state index is 0.106. The van der Waals surface area contributed by atoms with E-state index in [4.69, 9.17) is 0 Å². The van der Waals surface area contributed by atoms with Gasteiger partial charge in [-0.2, -0.15) is 0 Å². The van der Waals surface area contributed by atoms with Gasteiger partial charge in [-0.25, -0.2) is 0 Å². The molecule has 0 radical (unpaired) electrons. The Morgan fingerprint density at radius 1 is 0.148 bits per heavy atom. The lowest BCUT2D eigenvalue weighted by Crippen LogP contribution is -2.15. The molecule has 31 rings (SSSR count). The molecule has 0 fully saturated rings. The first-order chi connectivity index (χ1) is 73.1. The van der Waals surface area contributed by atoms with Gasteiger partial charge in [0.25, 0.3) is 0 Å². The van der Waals surface area contributed by atoms with Gasteiger partial charge in [0.2, 0.25) is 0 Å². The van der Waals surface area contributed by atoms with Gasteiger partial charge < -0.3 is 14.7 Å². The zero-order valence-corrected chi connectivity index (χ0v) is 82.8. The lowest BCUT2D eigenvalue weighted by Gasteiger charge is -2.31. The smallest absolute Gasteiger partial charge is 0.194 e. The predicted molar refractivity (Wildman–Crippen MR) is 625 cm³/mol. The van der Waals surface area contributed by atoms with Crippen LogP contribution in [0, 0.1) is 41.5 Å². The van der Waals surface area contributed by atoms with E-state index in [1.807, 2.05) is 109 Å². The van der Waals surface area contributed by atoms with Crippen LogP contribution in [-0.4, -0.2) is 23.1 Å². The van der Waals surface area contributed by atoms with Crippen LogP contribution in [0.4, 0.5) is 51.2 Å². The van der Waals surface area contributed by atoms with E-state index in [-0.39, 0.29) is 23.1 Å². The molecule has 27 aromatic rings. The van der Waals surface area contributed by atoms with E-state index in [1.54, 1.807) is 0 Å². The lowest BCUT2D eigenvalue weighted by atomic mass is 9.80. The highest BCUT2D eigenvalue weighted by Crippen LogP contribution is 2.55. The number of ketones is 4. The number of rotatable bonds is 11. The summed E-state index contributed by atoms with van der Waals surface area (Å²) in [6.07, 6.45) is 0. The first-order valence-electron chi connectivity index (χ1n) is 51.1. The molecule has 0 heterocycles. The molecule has 4 aliphatic carbocycles. The van der Waals surface area contributed by atoms with Crippen molar-refractivity contribution < 1.29 is 19.2 Å². The van der Waals surface area contributed by atoms with Crippen LogP contribution in [0.25, 0.3) is 184 Å². The summed E-state index contributed by atoms with van der Waals surface area (Å²) >= 11 is 0. The molecule has 700 valence electrons. The summed E-state index contributed by atoms with van der Waals surface area (Å²) in [4.78, 5) is 61.8. The SMILES string of the molecule is Cc1ccc(N(c2ccc(C)cc2)c2cc3ccc4cccc5c4c3c3c(cccc23)C5=O)cc1.Cc1ccc(N(c2ccc(C)cc2C)c2cc3ccc4cccc5c4c3c3c(cccc23)C5=O)c(C)c1.O=C1c2cccc3ccc4cc(-c5cccc6c(-c7ccc8ccccc8c7)c7ccccc7cc56)c5cccc1c5c4c23.O=C1c2cccc3ccc4cc(N(c5ccccc5)c5ccccc5)c5cccc1c5c4c23. The highest BCUT2D eigenvalue weighted by molar-refractivity contribution is 6.43. The number of carbonyl (C=O) groups is 4. The van der Waals surface area contributed by atoms with Gasteiger partial charge in [-0.15, -0.1) is 0 Å². The van der Waals surface area contributed by atoms with Crippen LogP contribution >= 0.6 is 0 Å². The third kappa shape index (κ3) is 13.8. The molecule has 0 amide bonds. The molecular formula is C142H93N3O4. The molecule has 0 spiro atoms. The summed E-state index contributed by atoms with van der Waals surface area (Å²) in [7, 11) is 0. The first-order valence-corrected chi connectivity index (χ1v) is 51.1. The van der Waals surface area contributed by atoms with E-state index in [2.05, 4.69) is 402 Å². The van der Waals surface area contributed by atoms with E-state index in [9.17, 15) is 19.2 Å². The molecule has 0 aromatic heterocycles. The lowest BCUT2D eigenvalue weighted by molar-refractivity contribution is 0.103. The summed E-state index contributed by atoms with van der Waals surface area (Å²) in [5.41, 5.74) is 28.4. The van der Waals surface area contributed by atoms with Gasteiger partial charge in [-0.3, -0.25) is 19.2 Å². The number of para-hydroxylation sites is 2. The topological polar surface area (TPSA) is 78.0 Å². The molecule has 0 saturated carbocycles. The van der Waals surface area contributed by atoms with Crippen LogP contribution in [0.1, 0.15) is 97.1 Å². The average Bonchev–Trinajstić information content (AvgIpc) is 0.712. The number of anilines is 9. The third-order valence-electron chi connectivity index (χ3n) is 31.6. The monoisotopic (exact) mass is 1900 g/mol. The van der Waals surface area contributed by atoms with Crippen LogP contribution in [0.3, 0.4) is 0 Å². The third-order valence-corrected chi connectivity index (χ3v) is 31.6. The largest absolute Gasteiger partial charge is 0.310 e. The maximum absolute atomic E-state index is 13.9. The maximum Gasteiger partial charge on any atom is 0.194 e. The van der Waals surface area contributed by atoms with Crippen molar-refractivity contribution in [1.82, 2.24) is 0 Å². The Balaban J connectivity index is 0.0000000962. The molecule has 4 aliphatic rings. The van der Waals surface area contributed by atoms with Crippen LogP contribution in [-0.2, 0) is 0 Å². The molecule has 27 aromatic carbocycles. The van der Waals surface area contributed by atoms with Crippen molar-refractivity contribution in [3.8, 4) is 22.3 Å². The minimum Gasteiger partial charge on any atom is -0.310 e. The molecule has 0 unspecified atom stereocenters. The molecule has 0 bridgehead atoms. The maximum atomic E-state index is 13.9.